The molecule has 1 heterocycles. The van der Waals surface area contributed by atoms with E-state index in [1.165, 1.54) is 37.8 Å². The number of nitrogens with zero attached hydrogens (tertiary/aromatic N) is 1. The molecule has 1 atom stereocenters. The zero-order chi connectivity index (χ0) is 11.9. The molecule has 1 unspecified atom stereocenters. The van der Waals surface area contributed by atoms with Gasteiger partial charge in [-0.1, -0.05) is 25.3 Å². The molecule has 0 bridgehead atoms. The van der Waals surface area contributed by atoms with Gasteiger partial charge < -0.3 is 5.32 Å². The molecular weight excluding hydrogens is 208 g/mol. The van der Waals surface area contributed by atoms with Crippen LogP contribution < -0.4 is 5.32 Å². The first-order valence-electron chi connectivity index (χ1n) is 6.99. The van der Waals surface area contributed by atoms with Gasteiger partial charge in [0.05, 0.1) is 0 Å². The van der Waals surface area contributed by atoms with Crippen LogP contribution in [0.4, 0.5) is 0 Å². The second kappa shape index (κ2) is 6.75. The maximum absolute atomic E-state index is 4.35. The van der Waals surface area contributed by atoms with Crippen LogP contribution in [0.2, 0.25) is 0 Å². The molecule has 1 N–H and O–H groups in total. The van der Waals surface area contributed by atoms with Crippen molar-refractivity contribution in [3.05, 3.63) is 30.1 Å². The Hall–Kier alpha value is -0.890. The van der Waals surface area contributed by atoms with Crippen LogP contribution in [0.5, 0.6) is 0 Å². The summed E-state index contributed by atoms with van der Waals surface area (Å²) >= 11 is 0. The quantitative estimate of drug-likeness (QED) is 0.843. The standard InChI is InChI=1S/C15H24N2/c1-13(14-7-3-2-4-8-14)16-12-10-15-9-5-6-11-17-15/h5-6,9,11,13-14,16H,2-4,7-8,10,12H2,1H3. The topological polar surface area (TPSA) is 24.9 Å². The zero-order valence-electron chi connectivity index (χ0n) is 10.9. The van der Waals surface area contributed by atoms with Gasteiger partial charge in [-0.2, -0.15) is 0 Å². The molecule has 0 aliphatic heterocycles. The molecule has 1 aromatic rings. The first kappa shape index (κ1) is 12.6. The average Bonchev–Trinajstić information content (AvgIpc) is 2.41. The van der Waals surface area contributed by atoms with Crippen molar-refractivity contribution in [3.8, 4) is 0 Å². The predicted molar refractivity (Wildman–Crippen MR) is 72.0 cm³/mol. The summed E-state index contributed by atoms with van der Waals surface area (Å²) in [7, 11) is 0. The number of hydrogen-bond donors (Lipinski definition) is 1. The third-order valence-electron chi connectivity index (χ3n) is 3.93. The highest BCUT2D eigenvalue weighted by Gasteiger charge is 2.19. The molecule has 1 fully saturated rings. The molecule has 94 valence electrons. The Morgan fingerprint density at radius 2 is 2.12 bits per heavy atom. The monoisotopic (exact) mass is 232 g/mol. The minimum absolute atomic E-state index is 0.666. The average molecular weight is 232 g/mol. The van der Waals surface area contributed by atoms with E-state index in [1.807, 2.05) is 12.3 Å². The summed E-state index contributed by atoms with van der Waals surface area (Å²) in [6.45, 7) is 3.39. The van der Waals surface area contributed by atoms with E-state index in [0.717, 1.165) is 18.9 Å². The molecule has 0 amide bonds. The molecule has 1 aliphatic rings. The van der Waals surface area contributed by atoms with Gasteiger partial charge in [-0.25, -0.2) is 0 Å². The summed E-state index contributed by atoms with van der Waals surface area (Å²) in [5.74, 6) is 0.896. The van der Waals surface area contributed by atoms with Crippen LogP contribution in [-0.2, 0) is 6.42 Å². The third kappa shape index (κ3) is 4.12. The maximum atomic E-state index is 4.35. The van der Waals surface area contributed by atoms with Crippen molar-refractivity contribution in [1.82, 2.24) is 10.3 Å². The van der Waals surface area contributed by atoms with Crippen molar-refractivity contribution in [2.75, 3.05) is 6.54 Å². The zero-order valence-corrected chi connectivity index (χ0v) is 10.9. The number of aromatic nitrogens is 1. The molecule has 1 aliphatic carbocycles. The van der Waals surface area contributed by atoms with Gasteiger partial charge in [0.2, 0.25) is 0 Å². The van der Waals surface area contributed by atoms with E-state index < -0.39 is 0 Å². The highest BCUT2D eigenvalue weighted by atomic mass is 14.9. The SMILES string of the molecule is CC(NCCc1ccccn1)C1CCCCC1. The Bertz CT molecular complexity index is 304. The lowest BCUT2D eigenvalue weighted by molar-refractivity contribution is 0.282. The lowest BCUT2D eigenvalue weighted by Gasteiger charge is -2.28. The molecule has 17 heavy (non-hydrogen) atoms. The highest BCUT2D eigenvalue weighted by molar-refractivity contribution is 5.03. The molecule has 1 aromatic heterocycles. The van der Waals surface area contributed by atoms with Gasteiger partial charge in [0.25, 0.3) is 0 Å². The van der Waals surface area contributed by atoms with E-state index in [2.05, 4.69) is 29.4 Å². The Morgan fingerprint density at radius 3 is 2.82 bits per heavy atom. The predicted octanol–water partition coefficient (Wildman–Crippen LogP) is 3.18. The van der Waals surface area contributed by atoms with Crippen molar-refractivity contribution < 1.29 is 0 Å². The Kier molecular flexibility index (Phi) is 4.99. The minimum atomic E-state index is 0.666. The summed E-state index contributed by atoms with van der Waals surface area (Å²) in [6, 6.07) is 6.81. The number of nitrogens with one attached hydrogen (secondary N) is 1. The molecule has 0 saturated heterocycles. The minimum Gasteiger partial charge on any atom is -0.314 e. The van der Waals surface area contributed by atoms with Crippen molar-refractivity contribution >= 4 is 0 Å². The summed E-state index contributed by atoms with van der Waals surface area (Å²) in [4.78, 5) is 4.35. The lowest BCUT2D eigenvalue weighted by atomic mass is 9.84. The highest BCUT2D eigenvalue weighted by Crippen LogP contribution is 2.26. The van der Waals surface area contributed by atoms with Crippen LogP contribution in [0.15, 0.2) is 24.4 Å². The summed E-state index contributed by atoms with van der Waals surface area (Å²) < 4.78 is 0. The van der Waals surface area contributed by atoms with Crippen LogP contribution in [0.25, 0.3) is 0 Å². The molecule has 0 spiro atoms. The number of pyridine rings is 1. The van der Waals surface area contributed by atoms with Crippen molar-refractivity contribution in [1.29, 1.82) is 0 Å². The van der Waals surface area contributed by atoms with Gasteiger partial charge in [-0.3, -0.25) is 4.98 Å². The molecule has 1 saturated carbocycles. The van der Waals surface area contributed by atoms with E-state index in [0.29, 0.717) is 6.04 Å². The fourth-order valence-electron chi connectivity index (χ4n) is 2.77. The summed E-state index contributed by atoms with van der Waals surface area (Å²) in [5, 5.41) is 3.66. The van der Waals surface area contributed by atoms with Crippen LogP contribution in [0, 0.1) is 5.92 Å². The lowest BCUT2D eigenvalue weighted by Crippen LogP contribution is -2.35. The molecule has 2 heteroatoms. The second-order valence-corrected chi connectivity index (χ2v) is 5.21. The summed E-state index contributed by atoms with van der Waals surface area (Å²) in [6.07, 6.45) is 10.0. The van der Waals surface area contributed by atoms with Crippen molar-refractivity contribution in [2.24, 2.45) is 5.92 Å². The molecule has 2 rings (SSSR count). The molecular formula is C15H24N2. The maximum Gasteiger partial charge on any atom is 0.0416 e. The van der Waals surface area contributed by atoms with E-state index in [-0.39, 0.29) is 0 Å². The largest absolute Gasteiger partial charge is 0.314 e. The van der Waals surface area contributed by atoms with E-state index in [9.17, 15) is 0 Å². The van der Waals surface area contributed by atoms with Crippen LogP contribution in [0.1, 0.15) is 44.7 Å². The number of rotatable bonds is 5. The Balaban J connectivity index is 1.67. The Labute approximate surface area is 105 Å². The molecule has 0 aromatic carbocycles. The second-order valence-electron chi connectivity index (χ2n) is 5.21. The van der Waals surface area contributed by atoms with Gasteiger partial charge in [-0.05, 0) is 37.8 Å². The van der Waals surface area contributed by atoms with Crippen molar-refractivity contribution in [2.45, 2.75) is 51.5 Å². The van der Waals surface area contributed by atoms with Gasteiger partial charge in [0.15, 0.2) is 0 Å². The fraction of sp³-hybridized carbons (Fsp3) is 0.667. The first-order chi connectivity index (χ1) is 8.36. The van der Waals surface area contributed by atoms with Gasteiger partial charge in [0.1, 0.15) is 0 Å². The molecule has 0 radical (unpaired) electrons. The fourth-order valence-corrected chi connectivity index (χ4v) is 2.77. The van der Waals surface area contributed by atoms with Crippen LogP contribution in [-0.4, -0.2) is 17.6 Å². The van der Waals surface area contributed by atoms with E-state index in [4.69, 9.17) is 0 Å². The smallest absolute Gasteiger partial charge is 0.0416 e. The van der Waals surface area contributed by atoms with Gasteiger partial charge in [-0.15, -0.1) is 0 Å². The summed E-state index contributed by atoms with van der Waals surface area (Å²) in [5.41, 5.74) is 1.19. The molecule has 2 nitrogen and oxygen atoms in total. The van der Waals surface area contributed by atoms with Gasteiger partial charge >= 0.3 is 0 Å². The Morgan fingerprint density at radius 1 is 1.29 bits per heavy atom. The third-order valence-corrected chi connectivity index (χ3v) is 3.93. The van der Waals surface area contributed by atoms with Crippen molar-refractivity contribution in [3.63, 3.8) is 0 Å². The van der Waals surface area contributed by atoms with Crippen LogP contribution >= 0.6 is 0 Å². The normalized spacial score (nSPS) is 19.1. The number of hydrogen-bond acceptors (Lipinski definition) is 2. The first-order valence-corrected chi connectivity index (χ1v) is 6.99. The van der Waals surface area contributed by atoms with E-state index in [1.54, 1.807) is 0 Å². The van der Waals surface area contributed by atoms with Gasteiger partial charge in [0, 0.05) is 30.9 Å². The van der Waals surface area contributed by atoms with Crippen LogP contribution in [0.3, 0.4) is 0 Å². The van der Waals surface area contributed by atoms with E-state index >= 15 is 0 Å².